The van der Waals surface area contributed by atoms with Crippen LogP contribution in [0, 0.1) is 0 Å². The fourth-order valence-electron chi connectivity index (χ4n) is 3.48. The smallest absolute Gasteiger partial charge is 0.338 e. The van der Waals surface area contributed by atoms with Crippen molar-refractivity contribution >= 4 is 58.5 Å². The fourth-order valence-corrected chi connectivity index (χ4v) is 4.90. The van der Waals surface area contributed by atoms with Gasteiger partial charge in [0.1, 0.15) is 6.04 Å². The van der Waals surface area contributed by atoms with E-state index < -0.39 is 12.0 Å². The van der Waals surface area contributed by atoms with Crippen molar-refractivity contribution < 1.29 is 9.53 Å². The summed E-state index contributed by atoms with van der Waals surface area (Å²) >= 11 is 20.2. The molecule has 2 heterocycles. The van der Waals surface area contributed by atoms with E-state index in [-0.39, 0.29) is 0 Å². The van der Waals surface area contributed by atoms with Crippen molar-refractivity contribution in [1.82, 2.24) is 14.8 Å². The van der Waals surface area contributed by atoms with Gasteiger partial charge in [0.2, 0.25) is 11.1 Å². The van der Waals surface area contributed by atoms with Crippen LogP contribution in [-0.4, -0.2) is 27.3 Å². The number of halogens is 3. The monoisotopic (exact) mass is 522 g/mol. The van der Waals surface area contributed by atoms with Crippen LogP contribution in [0.15, 0.2) is 58.9 Å². The molecule has 0 radical (unpaired) electrons. The molecule has 0 amide bonds. The summed E-state index contributed by atoms with van der Waals surface area (Å²) in [5.41, 5.74) is 2.84. The van der Waals surface area contributed by atoms with E-state index in [0.29, 0.717) is 49.8 Å². The van der Waals surface area contributed by atoms with E-state index in [0.717, 1.165) is 17.5 Å². The molecule has 0 aliphatic carbocycles. The van der Waals surface area contributed by atoms with Gasteiger partial charge < -0.3 is 10.1 Å². The number of benzene rings is 2. The minimum absolute atomic E-state index is 0.326. The first-order valence-electron chi connectivity index (χ1n) is 10.3. The highest BCUT2D eigenvalue weighted by Crippen LogP contribution is 2.39. The van der Waals surface area contributed by atoms with Crippen LogP contribution in [0.25, 0.3) is 0 Å². The summed E-state index contributed by atoms with van der Waals surface area (Å²) in [6.45, 7) is 4.09. The fraction of sp³-hybridized carbons (Fsp3) is 0.261. The first-order chi connectivity index (χ1) is 15.9. The number of carbonyl (C=O) groups is 1. The van der Waals surface area contributed by atoms with E-state index in [1.54, 1.807) is 16.8 Å². The van der Waals surface area contributed by atoms with Gasteiger partial charge in [-0.1, -0.05) is 77.8 Å². The molecule has 1 atom stereocenters. The number of nitrogens with one attached hydrogen (secondary N) is 1. The molecule has 0 spiro atoms. The molecule has 1 N–H and O–H groups in total. The van der Waals surface area contributed by atoms with Crippen LogP contribution in [-0.2, 0) is 15.3 Å². The van der Waals surface area contributed by atoms with Gasteiger partial charge in [0.15, 0.2) is 0 Å². The molecule has 0 saturated carbocycles. The van der Waals surface area contributed by atoms with Crippen LogP contribution < -0.4 is 5.32 Å². The highest BCUT2D eigenvalue weighted by atomic mass is 35.5. The van der Waals surface area contributed by atoms with E-state index in [9.17, 15) is 4.79 Å². The Bertz CT molecular complexity index is 1230. The second-order valence-electron chi connectivity index (χ2n) is 7.42. The van der Waals surface area contributed by atoms with Gasteiger partial charge in [-0.25, -0.2) is 9.48 Å². The van der Waals surface area contributed by atoms with Crippen LogP contribution in [0.4, 0.5) is 5.95 Å². The first-order valence-corrected chi connectivity index (χ1v) is 12.4. The lowest BCUT2D eigenvalue weighted by Crippen LogP contribution is -2.29. The number of fused-ring (bicyclic) bond motifs is 1. The number of hydrogen-bond acceptors (Lipinski definition) is 6. The van der Waals surface area contributed by atoms with Gasteiger partial charge in [-0.15, -0.1) is 5.10 Å². The van der Waals surface area contributed by atoms with E-state index in [2.05, 4.69) is 10.3 Å². The van der Waals surface area contributed by atoms with Gasteiger partial charge in [0, 0.05) is 16.5 Å². The van der Waals surface area contributed by atoms with Crippen LogP contribution >= 0.6 is 46.6 Å². The molecule has 1 unspecified atom stereocenters. The average molecular weight is 524 g/mol. The Morgan fingerprint density at radius 3 is 2.67 bits per heavy atom. The molecular weight excluding hydrogens is 503 g/mol. The number of anilines is 1. The van der Waals surface area contributed by atoms with Gasteiger partial charge in [-0.05, 0) is 42.7 Å². The van der Waals surface area contributed by atoms with Crippen molar-refractivity contribution in [3.8, 4) is 0 Å². The van der Waals surface area contributed by atoms with Crippen molar-refractivity contribution in [3.05, 3.63) is 79.9 Å². The van der Waals surface area contributed by atoms with Gasteiger partial charge >= 0.3 is 5.97 Å². The number of nitrogens with zero attached hydrogens (tertiary/aromatic N) is 3. The summed E-state index contributed by atoms with van der Waals surface area (Å²) in [6, 6.07) is 12.4. The minimum Gasteiger partial charge on any atom is -0.462 e. The number of hydrogen-bond donors (Lipinski definition) is 1. The predicted octanol–water partition coefficient (Wildman–Crippen LogP) is 6.77. The Labute approximate surface area is 211 Å². The Morgan fingerprint density at radius 2 is 1.94 bits per heavy atom. The third kappa shape index (κ3) is 5.17. The molecule has 0 bridgehead atoms. The van der Waals surface area contributed by atoms with Gasteiger partial charge in [-0.2, -0.15) is 4.98 Å². The topological polar surface area (TPSA) is 69.0 Å². The highest BCUT2D eigenvalue weighted by molar-refractivity contribution is 7.98. The third-order valence-corrected chi connectivity index (χ3v) is 7.06. The van der Waals surface area contributed by atoms with Gasteiger partial charge in [0.05, 0.1) is 22.2 Å². The standard InChI is InChI=1S/C23H21Cl3N4O2S/c1-3-10-32-21(31)19-13(2)27-22-28-23(33-12-15-6-4-5-7-16(15)24)29-30(22)20(19)14-8-9-17(25)18(26)11-14/h4-9,11,20H,3,10,12H2,1-2H3,(H,27,28,29). The second-order valence-corrected chi connectivity index (χ2v) is 9.58. The maximum absolute atomic E-state index is 13.0. The van der Waals surface area contributed by atoms with Crippen molar-refractivity contribution in [2.75, 3.05) is 11.9 Å². The SMILES string of the molecule is CCCOC(=O)C1=C(C)Nc2nc(SCc3ccccc3Cl)nn2C1c1ccc(Cl)c(Cl)c1. The lowest BCUT2D eigenvalue weighted by molar-refractivity contribution is -0.139. The van der Waals surface area contributed by atoms with Crippen molar-refractivity contribution in [1.29, 1.82) is 0 Å². The maximum atomic E-state index is 13.0. The number of rotatable bonds is 7. The molecule has 0 fully saturated rings. The predicted molar refractivity (Wildman–Crippen MR) is 133 cm³/mol. The number of ether oxygens (including phenoxy) is 1. The summed E-state index contributed by atoms with van der Waals surface area (Å²) < 4.78 is 7.15. The summed E-state index contributed by atoms with van der Waals surface area (Å²) in [7, 11) is 0. The number of esters is 1. The van der Waals surface area contributed by atoms with E-state index in [1.165, 1.54) is 11.8 Å². The normalized spacial score (nSPS) is 15.2. The Hall–Kier alpha value is -2.19. The molecule has 1 aromatic heterocycles. The molecule has 3 aromatic rings. The number of thioether (sulfide) groups is 1. The zero-order chi connectivity index (χ0) is 23.5. The molecule has 172 valence electrons. The highest BCUT2D eigenvalue weighted by Gasteiger charge is 2.35. The Kier molecular flexibility index (Phi) is 7.54. The molecule has 6 nitrogen and oxygen atoms in total. The number of allylic oxidation sites excluding steroid dienone is 1. The molecule has 10 heteroatoms. The summed E-state index contributed by atoms with van der Waals surface area (Å²) in [6.07, 6.45) is 0.723. The summed E-state index contributed by atoms with van der Waals surface area (Å²) in [5, 5.41) is 9.96. The lowest BCUT2D eigenvalue weighted by Gasteiger charge is -2.28. The molecule has 1 aliphatic heterocycles. The zero-order valence-electron chi connectivity index (χ0n) is 17.9. The first kappa shape index (κ1) is 24.0. The van der Waals surface area contributed by atoms with Crippen molar-refractivity contribution in [2.45, 2.75) is 37.2 Å². The van der Waals surface area contributed by atoms with Crippen LogP contribution in [0.1, 0.15) is 37.4 Å². The molecule has 0 saturated heterocycles. The molecule has 1 aliphatic rings. The van der Waals surface area contributed by atoms with Gasteiger partial charge in [-0.3, -0.25) is 0 Å². The lowest BCUT2D eigenvalue weighted by atomic mass is 9.96. The van der Waals surface area contributed by atoms with E-state index in [4.69, 9.17) is 44.6 Å². The van der Waals surface area contributed by atoms with E-state index >= 15 is 0 Å². The average Bonchev–Trinajstić information content (AvgIpc) is 3.20. The second kappa shape index (κ2) is 10.4. The van der Waals surface area contributed by atoms with Crippen molar-refractivity contribution in [3.63, 3.8) is 0 Å². The quantitative estimate of drug-likeness (QED) is 0.272. The summed E-state index contributed by atoms with van der Waals surface area (Å²) in [4.78, 5) is 17.6. The largest absolute Gasteiger partial charge is 0.462 e. The number of aromatic nitrogens is 3. The third-order valence-electron chi connectivity index (χ3n) is 5.06. The van der Waals surface area contributed by atoms with Crippen LogP contribution in [0.2, 0.25) is 15.1 Å². The maximum Gasteiger partial charge on any atom is 0.338 e. The van der Waals surface area contributed by atoms with Crippen LogP contribution in [0.5, 0.6) is 0 Å². The zero-order valence-corrected chi connectivity index (χ0v) is 21.0. The number of carbonyl (C=O) groups excluding carboxylic acids is 1. The summed E-state index contributed by atoms with van der Waals surface area (Å²) in [5.74, 6) is 0.722. The van der Waals surface area contributed by atoms with Gasteiger partial charge in [0.25, 0.3) is 0 Å². The van der Waals surface area contributed by atoms with Crippen LogP contribution in [0.3, 0.4) is 0 Å². The van der Waals surface area contributed by atoms with E-state index in [1.807, 2.05) is 44.2 Å². The molecule has 33 heavy (non-hydrogen) atoms. The Balaban J connectivity index is 1.71. The minimum atomic E-state index is -0.567. The van der Waals surface area contributed by atoms with Crippen molar-refractivity contribution in [2.24, 2.45) is 0 Å². The molecule has 2 aromatic carbocycles. The molecule has 4 rings (SSSR count). The molecular formula is C23H21Cl3N4O2S. The Morgan fingerprint density at radius 1 is 1.15 bits per heavy atom.